The Bertz CT molecular complexity index is 1140. The second-order valence-electron chi connectivity index (χ2n) is 7.08. The summed E-state index contributed by atoms with van der Waals surface area (Å²) in [5.74, 6) is -0.223. The van der Waals surface area contributed by atoms with Gasteiger partial charge in [0.1, 0.15) is 0 Å². The van der Waals surface area contributed by atoms with Gasteiger partial charge in [-0.2, -0.15) is 0 Å². The van der Waals surface area contributed by atoms with Crippen molar-refractivity contribution in [1.29, 1.82) is 0 Å². The molecule has 2 N–H and O–H groups in total. The summed E-state index contributed by atoms with van der Waals surface area (Å²) in [6, 6.07) is 22.3. The molecular formula is C23H25N3O3S. The molecule has 0 aliphatic rings. The van der Waals surface area contributed by atoms with Crippen molar-refractivity contribution in [1.82, 2.24) is 4.31 Å². The second kappa shape index (κ2) is 9.11. The molecule has 0 heterocycles. The normalized spacial score (nSPS) is 11.3. The van der Waals surface area contributed by atoms with Crippen molar-refractivity contribution in [3.8, 4) is 11.1 Å². The highest BCUT2D eigenvalue weighted by Gasteiger charge is 2.18. The number of rotatable bonds is 7. The number of para-hydroxylation sites is 1. The van der Waals surface area contributed by atoms with E-state index in [0.29, 0.717) is 5.69 Å². The molecular weight excluding hydrogens is 398 g/mol. The van der Waals surface area contributed by atoms with Gasteiger partial charge < -0.3 is 10.6 Å². The van der Waals surface area contributed by atoms with Crippen molar-refractivity contribution in [2.45, 2.75) is 11.8 Å². The molecule has 7 heteroatoms. The monoisotopic (exact) mass is 423 g/mol. The zero-order valence-electron chi connectivity index (χ0n) is 17.2. The Kier molecular flexibility index (Phi) is 6.54. The van der Waals surface area contributed by atoms with Gasteiger partial charge in [0.15, 0.2) is 0 Å². The van der Waals surface area contributed by atoms with Crippen LogP contribution in [0.2, 0.25) is 0 Å². The number of carbonyl (C=O) groups excluding carboxylic acids is 1. The molecule has 156 valence electrons. The van der Waals surface area contributed by atoms with Crippen LogP contribution in [0.1, 0.15) is 5.56 Å². The van der Waals surface area contributed by atoms with Crippen molar-refractivity contribution in [2.75, 3.05) is 31.3 Å². The first-order valence-corrected chi connectivity index (χ1v) is 10.9. The minimum absolute atomic E-state index is 0.00935. The van der Waals surface area contributed by atoms with Crippen LogP contribution < -0.4 is 10.6 Å². The smallest absolute Gasteiger partial charge is 0.243 e. The van der Waals surface area contributed by atoms with E-state index in [-0.39, 0.29) is 17.3 Å². The Labute approximate surface area is 177 Å². The van der Waals surface area contributed by atoms with Gasteiger partial charge >= 0.3 is 0 Å². The third kappa shape index (κ3) is 4.87. The first kappa shape index (κ1) is 21.5. The predicted molar refractivity (Wildman–Crippen MR) is 121 cm³/mol. The standard InChI is InChI=1S/C23H25N3O3S/c1-17-13-14-19(30(28,29)26(2)3)15-22(17)24-16-23(27)25-21-12-8-7-11-20(21)18-9-5-4-6-10-18/h4-15,24H,16H2,1-3H3,(H,25,27). The molecule has 3 aromatic carbocycles. The molecule has 0 aliphatic carbocycles. The third-order valence-corrected chi connectivity index (χ3v) is 6.52. The van der Waals surface area contributed by atoms with Crippen molar-refractivity contribution in [3.63, 3.8) is 0 Å². The van der Waals surface area contributed by atoms with E-state index in [2.05, 4.69) is 10.6 Å². The van der Waals surface area contributed by atoms with Crippen LogP contribution in [0.5, 0.6) is 0 Å². The molecule has 0 saturated carbocycles. The summed E-state index contributed by atoms with van der Waals surface area (Å²) in [6.45, 7) is 1.87. The van der Waals surface area contributed by atoms with E-state index < -0.39 is 10.0 Å². The van der Waals surface area contributed by atoms with Crippen molar-refractivity contribution < 1.29 is 13.2 Å². The molecule has 0 bridgehead atoms. The molecule has 3 aromatic rings. The summed E-state index contributed by atoms with van der Waals surface area (Å²) in [5.41, 5.74) is 4.12. The van der Waals surface area contributed by atoms with Crippen LogP contribution >= 0.6 is 0 Å². The van der Waals surface area contributed by atoms with Crippen molar-refractivity contribution in [3.05, 3.63) is 78.4 Å². The van der Waals surface area contributed by atoms with Crippen LogP contribution in [-0.2, 0) is 14.8 Å². The fourth-order valence-corrected chi connectivity index (χ4v) is 3.92. The maximum absolute atomic E-state index is 12.6. The maximum Gasteiger partial charge on any atom is 0.243 e. The number of nitrogens with zero attached hydrogens (tertiary/aromatic N) is 1. The SMILES string of the molecule is Cc1ccc(S(=O)(=O)N(C)C)cc1NCC(=O)Nc1ccccc1-c1ccccc1. The van der Waals surface area contributed by atoms with E-state index in [1.165, 1.54) is 14.1 Å². The van der Waals surface area contributed by atoms with E-state index in [1.807, 2.05) is 61.5 Å². The number of hydrogen-bond acceptors (Lipinski definition) is 4. The molecule has 6 nitrogen and oxygen atoms in total. The van der Waals surface area contributed by atoms with Crippen LogP contribution in [-0.4, -0.2) is 39.3 Å². The van der Waals surface area contributed by atoms with Gasteiger partial charge in [-0.15, -0.1) is 0 Å². The van der Waals surface area contributed by atoms with Gasteiger partial charge in [-0.1, -0.05) is 54.6 Å². The van der Waals surface area contributed by atoms with E-state index in [0.717, 1.165) is 26.7 Å². The number of nitrogens with one attached hydrogen (secondary N) is 2. The topological polar surface area (TPSA) is 78.5 Å². The zero-order valence-corrected chi connectivity index (χ0v) is 18.0. The lowest BCUT2D eigenvalue weighted by atomic mass is 10.0. The van der Waals surface area contributed by atoms with Crippen LogP contribution in [0.15, 0.2) is 77.7 Å². The molecule has 0 aliphatic heterocycles. The summed E-state index contributed by atoms with van der Waals surface area (Å²) in [7, 11) is -0.575. The summed E-state index contributed by atoms with van der Waals surface area (Å²) in [6.07, 6.45) is 0. The molecule has 0 saturated heterocycles. The van der Waals surface area contributed by atoms with Crippen LogP contribution in [0.4, 0.5) is 11.4 Å². The predicted octanol–water partition coefficient (Wildman–Crippen LogP) is 3.96. The highest BCUT2D eigenvalue weighted by atomic mass is 32.2. The van der Waals surface area contributed by atoms with Crippen molar-refractivity contribution in [2.24, 2.45) is 0 Å². The Morgan fingerprint density at radius 3 is 2.27 bits per heavy atom. The number of sulfonamides is 1. The Hall–Kier alpha value is -3.16. The van der Waals surface area contributed by atoms with Gasteiger partial charge in [-0.05, 0) is 36.2 Å². The summed E-state index contributed by atoms with van der Waals surface area (Å²) in [4.78, 5) is 12.7. The van der Waals surface area contributed by atoms with Gasteiger partial charge in [0, 0.05) is 31.0 Å². The quantitative estimate of drug-likeness (QED) is 0.603. The summed E-state index contributed by atoms with van der Waals surface area (Å²) >= 11 is 0. The Morgan fingerprint density at radius 1 is 0.900 bits per heavy atom. The molecule has 0 fully saturated rings. The largest absolute Gasteiger partial charge is 0.376 e. The second-order valence-corrected chi connectivity index (χ2v) is 9.23. The minimum Gasteiger partial charge on any atom is -0.376 e. The highest BCUT2D eigenvalue weighted by molar-refractivity contribution is 7.89. The van der Waals surface area contributed by atoms with Crippen LogP contribution in [0.3, 0.4) is 0 Å². The van der Waals surface area contributed by atoms with Gasteiger partial charge in [0.05, 0.1) is 11.4 Å². The molecule has 0 radical (unpaired) electrons. The molecule has 3 rings (SSSR count). The maximum atomic E-state index is 12.6. The molecule has 0 atom stereocenters. The number of hydrogen-bond donors (Lipinski definition) is 2. The average Bonchev–Trinajstić information content (AvgIpc) is 2.74. The molecule has 0 spiro atoms. The van der Waals surface area contributed by atoms with E-state index in [1.54, 1.807) is 18.2 Å². The zero-order chi connectivity index (χ0) is 21.7. The van der Waals surface area contributed by atoms with E-state index >= 15 is 0 Å². The van der Waals surface area contributed by atoms with E-state index in [9.17, 15) is 13.2 Å². The number of carbonyl (C=O) groups is 1. The van der Waals surface area contributed by atoms with Crippen molar-refractivity contribution >= 4 is 27.3 Å². The lowest BCUT2D eigenvalue weighted by Gasteiger charge is -2.15. The first-order valence-electron chi connectivity index (χ1n) is 9.50. The van der Waals surface area contributed by atoms with E-state index in [4.69, 9.17) is 0 Å². The summed E-state index contributed by atoms with van der Waals surface area (Å²) in [5, 5.41) is 5.98. The van der Waals surface area contributed by atoms with Gasteiger partial charge in [0.25, 0.3) is 0 Å². The Balaban J connectivity index is 1.74. The van der Waals surface area contributed by atoms with Crippen LogP contribution in [0.25, 0.3) is 11.1 Å². The van der Waals surface area contributed by atoms with Crippen LogP contribution in [0, 0.1) is 6.92 Å². The van der Waals surface area contributed by atoms with Gasteiger partial charge in [-0.3, -0.25) is 4.79 Å². The number of anilines is 2. The molecule has 30 heavy (non-hydrogen) atoms. The lowest BCUT2D eigenvalue weighted by molar-refractivity contribution is -0.114. The fraction of sp³-hybridized carbons (Fsp3) is 0.174. The lowest BCUT2D eigenvalue weighted by Crippen LogP contribution is -2.24. The first-order chi connectivity index (χ1) is 14.3. The number of benzene rings is 3. The molecule has 0 unspecified atom stereocenters. The number of aryl methyl sites for hydroxylation is 1. The minimum atomic E-state index is -3.55. The average molecular weight is 424 g/mol. The molecule has 1 amide bonds. The fourth-order valence-electron chi connectivity index (χ4n) is 2.99. The van der Waals surface area contributed by atoms with Gasteiger partial charge in [-0.25, -0.2) is 12.7 Å². The van der Waals surface area contributed by atoms with Gasteiger partial charge in [0.2, 0.25) is 15.9 Å². The third-order valence-electron chi connectivity index (χ3n) is 4.71. The summed E-state index contributed by atoms with van der Waals surface area (Å²) < 4.78 is 25.9. The highest BCUT2D eigenvalue weighted by Crippen LogP contribution is 2.27. The Morgan fingerprint density at radius 2 is 1.57 bits per heavy atom. The molecule has 0 aromatic heterocycles. The number of amides is 1.